The number of halogens is 2. The molecule has 2 nitrogen and oxygen atoms in total. The Balaban J connectivity index is 2.16. The lowest BCUT2D eigenvalue weighted by molar-refractivity contribution is 0.271. The smallest absolute Gasteiger partial charge is 0.136 e. The van der Waals surface area contributed by atoms with E-state index >= 15 is 0 Å². The van der Waals surface area contributed by atoms with E-state index in [2.05, 4.69) is 42.9 Å². The number of benzene rings is 1. The van der Waals surface area contributed by atoms with Gasteiger partial charge in [-0.05, 0) is 38.7 Å². The molecule has 0 aliphatic carbocycles. The standard InChI is InChI=1S/C15H21BrClO2Si/c1-15(2,20(3)4)9-19-14-10(6-12-8-18-12)5-11(17)7-13(14)16/h5,7,12H,6,8-9H2,1-4H3. The van der Waals surface area contributed by atoms with Gasteiger partial charge < -0.3 is 9.47 Å². The van der Waals surface area contributed by atoms with Gasteiger partial charge in [0.15, 0.2) is 0 Å². The Labute approximate surface area is 136 Å². The summed E-state index contributed by atoms with van der Waals surface area (Å²) in [5.74, 6) is 0.918. The van der Waals surface area contributed by atoms with Crippen molar-refractivity contribution in [3.8, 4) is 5.75 Å². The Bertz CT molecular complexity index is 487. The van der Waals surface area contributed by atoms with Crippen molar-refractivity contribution in [1.29, 1.82) is 0 Å². The fourth-order valence-electron chi connectivity index (χ4n) is 1.76. The van der Waals surface area contributed by atoms with Gasteiger partial charge in [-0.15, -0.1) is 0 Å². The van der Waals surface area contributed by atoms with Crippen LogP contribution in [0.25, 0.3) is 0 Å². The second-order valence-corrected chi connectivity index (χ2v) is 10.9. The van der Waals surface area contributed by atoms with E-state index in [1.54, 1.807) is 0 Å². The highest BCUT2D eigenvalue weighted by molar-refractivity contribution is 9.10. The Morgan fingerprint density at radius 3 is 2.65 bits per heavy atom. The lowest BCUT2D eigenvalue weighted by Crippen LogP contribution is -2.28. The molecule has 2 rings (SSSR count). The normalized spacial score (nSPS) is 18.4. The fraction of sp³-hybridized carbons (Fsp3) is 0.600. The van der Waals surface area contributed by atoms with Crippen LogP contribution in [0.15, 0.2) is 16.6 Å². The molecule has 5 heteroatoms. The van der Waals surface area contributed by atoms with Gasteiger partial charge in [0.25, 0.3) is 0 Å². The van der Waals surface area contributed by atoms with E-state index in [0.717, 1.165) is 40.4 Å². The molecule has 1 aromatic carbocycles. The first-order valence-corrected chi connectivity index (χ1v) is 10.5. The number of hydrogen-bond acceptors (Lipinski definition) is 2. The fourth-order valence-corrected chi connectivity index (χ4v) is 3.10. The minimum Gasteiger partial charge on any atom is -0.492 e. The summed E-state index contributed by atoms with van der Waals surface area (Å²) in [6.07, 6.45) is 1.19. The third kappa shape index (κ3) is 4.23. The molecule has 0 aromatic heterocycles. The van der Waals surface area contributed by atoms with Crippen molar-refractivity contribution < 1.29 is 9.47 Å². The average molecular weight is 377 g/mol. The van der Waals surface area contributed by atoms with Crippen LogP contribution in [0.2, 0.25) is 23.2 Å². The molecule has 0 spiro atoms. The summed E-state index contributed by atoms with van der Waals surface area (Å²) in [5.41, 5.74) is 1.13. The topological polar surface area (TPSA) is 21.8 Å². The maximum atomic E-state index is 6.15. The first kappa shape index (κ1) is 16.3. The minimum atomic E-state index is -0.415. The molecule has 1 aliphatic rings. The predicted octanol–water partition coefficient (Wildman–Crippen LogP) is 4.96. The van der Waals surface area contributed by atoms with Crippen LogP contribution < -0.4 is 4.74 Å². The molecule has 1 unspecified atom stereocenters. The maximum Gasteiger partial charge on any atom is 0.136 e. The molecule has 1 heterocycles. The first-order valence-electron chi connectivity index (χ1n) is 6.82. The van der Waals surface area contributed by atoms with Crippen LogP contribution in [-0.4, -0.2) is 28.1 Å². The third-order valence-electron chi connectivity index (χ3n) is 3.87. The van der Waals surface area contributed by atoms with Crippen molar-refractivity contribution in [2.45, 2.75) is 44.5 Å². The second-order valence-electron chi connectivity index (χ2n) is 6.21. The maximum absolute atomic E-state index is 6.15. The van der Waals surface area contributed by atoms with Crippen molar-refractivity contribution in [2.24, 2.45) is 0 Å². The van der Waals surface area contributed by atoms with E-state index in [4.69, 9.17) is 21.1 Å². The predicted molar refractivity (Wildman–Crippen MR) is 89.6 cm³/mol. The van der Waals surface area contributed by atoms with Crippen molar-refractivity contribution in [2.75, 3.05) is 13.2 Å². The molecule has 1 radical (unpaired) electrons. The van der Waals surface area contributed by atoms with Crippen LogP contribution in [0.4, 0.5) is 0 Å². The van der Waals surface area contributed by atoms with E-state index in [1.165, 1.54) is 0 Å². The van der Waals surface area contributed by atoms with Gasteiger partial charge in [-0.3, -0.25) is 0 Å². The molecular formula is C15H21BrClO2Si. The van der Waals surface area contributed by atoms with E-state index < -0.39 is 8.80 Å². The lowest BCUT2D eigenvalue weighted by atomic mass is 10.1. The largest absolute Gasteiger partial charge is 0.492 e. The molecule has 0 N–H and O–H groups in total. The van der Waals surface area contributed by atoms with Crippen LogP contribution >= 0.6 is 27.5 Å². The summed E-state index contributed by atoms with van der Waals surface area (Å²) in [6, 6.07) is 3.88. The number of rotatable bonds is 6. The molecule has 1 saturated heterocycles. The van der Waals surface area contributed by atoms with Crippen molar-refractivity contribution in [3.05, 3.63) is 27.2 Å². The van der Waals surface area contributed by atoms with Crippen LogP contribution in [0, 0.1) is 0 Å². The minimum absolute atomic E-state index is 0.233. The Morgan fingerprint density at radius 2 is 2.10 bits per heavy atom. The molecule has 0 saturated carbocycles. The Morgan fingerprint density at radius 1 is 1.45 bits per heavy atom. The van der Waals surface area contributed by atoms with Crippen LogP contribution in [-0.2, 0) is 11.2 Å². The van der Waals surface area contributed by atoms with E-state index in [0.29, 0.717) is 6.10 Å². The van der Waals surface area contributed by atoms with Crippen molar-refractivity contribution in [1.82, 2.24) is 0 Å². The van der Waals surface area contributed by atoms with Gasteiger partial charge in [-0.2, -0.15) is 0 Å². The number of epoxide rings is 1. The van der Waals surface area contributed by atoms with E-state index in [1.807, 2.05) is 12.1 Å². The van der Waals surface area contributed by atoms with Crippen molar-refractivity contribution >= 4 is 36.3 Å². The van der Waals surface area contributed by atoms with Crippen molar-refractivity contribution in [3.63, 3.8) is 0 Å². The summed E-state index contributed by atoms with van der Waals surface area (Å²) >= 11 is 9.72. The Hall–Kier alpha value is -0.0331. The van der Waals surface area contributed by atoms with Gasteiger partial charge in [0.05, 0.1) is 32.6 Å². The Kier molecular flexibility index (Phi) is 5.22. The summed E-state index contributed by atoms with van der Waals surface area (Å²) in [6.45, 7) is 10.8. The van der Waals surface area contributed by atoms with Gasteiger partial charge in [0.2, 0.25) is 0 Å². The molecule has 1 atom stereocenters. The molecule has 1 fully saturated rings. The zero-order valence-corrected chi connectivity index (χ0v) is 15.8. The quantitative estimate of drug-likeness (QED) is 0.517. The summed E-state index contributed by atoms with van der Waals surface area (Å²) in [4.78, 5) is 0. The van der Waals surface area contributed by atoms with Crippen LogP contribution in [0.3, 0.4) is 0 Å². The summed E-state index contributed by atoms with van der Waals surface area (Å²) in [7, 11) is -0.415. The SMILES string of the molecule is C[Si](C)C(C)(C)COc1c(Br)cc(Cl)cc1CC1CO1. The molecule has 111 valence electrons. The summed E-state index contributed by atoms with van der Waals surface area (Å²) < 4.78 is 12.4. The van der Waals surface area contributed by atoms with E-state index in [9.17, 15) is 0 Å². The number of hydrogen-bond donors (Lipinski definition) is 0. The van der Waals surface area contributed by atoms with Crippen LogP contribution in [0.1, 0.15) is 19.4 Å². The van der Waals surface area contributed by atoms with Gasteiger partial charge in [-0.1, -0.05) is 38.5 Å². The highest BCUT2D eigenvalue weighted by Crippen LogP contribution is 2.37. The van der Waals surface area contributed by atoms with Gasteiger partial charge in [0, 0.05) is 11.4 Å². The molecule has 0 amide bonds. The molecule has 1 aromatic rings. The van der Waals surface area contributed by atoms with Gasteiger partial charge in [0.1, 0.15) is 5.75 Å². The lowest BCUT2D eigenvalue weighted by Gasteiger charge is -2.28. The van der Waals surface area contributed by atoms with E-state index in [-0.39, 0.29) is 5.04 Å². The van der Waals surface area contributed by atoms with Gasteiger partial charge >= 0.3 is 0 Å². The second kappa shape index (κ2) is 6.38. The average Bonchev–Trinajstić information content (AvgIpc) is 3.11. The van der Waals surface area contributed by atoms with Crippen LogP contribution in [0.5, 0.6) is 5.75 Å². The number of ether oxygens (including phenoxy) is 2. The monoisotopic (exact) mass is 375 g/mol. The van der Waals surface area contributed by atoms with Gasteiger partial charge in [-0.25, -0.2) is 0 Å². The zero-order chi connectivity index (χ0) is 14.9. The first-order chi connectivity index (χ1) is 9.29. The highest BCUT2D eigenvalue weighted by atomic mass is 79.9. The zero-order valence-electron chi connectivity index (χ0n) is 12.4. The third-order valence-corrected chi connectivity index (χ3v) is 7.52. The summed E-state index contributed by atoms with van der Waals surface area (Å²) in [5, 5.41) is 0.965. The highest BCUT2D eigenvalue weighted by Gasteiger charge is 2.28. The molecular weight excluding hydrogens is 356 g/mol. The molecule has 0 bridgehead atoms. The molecule has 20 heavy (non-hydrogen) atoms. The molecule has 1 aliphatic heterocycles.